The summed E-state index contributed by atoms with van der Waals surface area (Å²) in [5.41, 5.74) is 0. The van der Waals surface area contributed by atoms with E-state index in [0.29, 0.717) is 10.8 Å². The number of rotatable bonds is 3. The Morgan fingerprint density at radius 1 is 1.31 bits per heavy atom. The summed E-state index contributed by atoms with van der Waals surface area (Å²) < 4.78 is 18.5. The molecule has 0 N–H and O–H groups in total. The summed E-state index contributed by atoms with van der Waals surface area (Å²) in [6, 6.07) is 6.74. The molecule has 3 rings (SSSR count). The highest BCUT2D eigenvalue weighted by molar-refractivity contribution is 8.01. The lowest BCUT2D eigenvalue weighted by atomic mass is 10.4. The molecule has 0 unspecified atom stereocenters. The second-order valence-corrected chi connectivity index (χ2v) is 5.77. The lowest BCUT2D eigenvalue weighted by Gasteiger charge is -1.97. The van der Waals surface area contributed by atoms with Crippen LogP contribution in [0, 0.1) is 5.82 Å². The van der Waals surface area contributed by atoms with Gasteiger partial charge in [0.1, 0.15) is 11.6 Å². The van der Waals surface area contributed by atoms with Crippen molar-refractivity contribution in [2.45, 2.75) is 28.0 Å². The van der Waals surface area contributed by atoms with Crippen molar-refractivity contribution in [1.82, 2.24) is 9.36 Å². The van der Waals surface area contributed by atoms with Crippen LogP contribution in [0.1, 0.15) is 24.6 Å². The van der Waals surface area contributed by atoms with Crippen LogP contribution >= 0.6 is 23.3 Å². The van der Waals surface area contributed by atoms with Crippen LogP contribution in [0.25, 0.3) is 0 Å². The van der Waals surface area contributed by atoms with Crippen molar-refractivity contribution in [2.24, 2.45) is 0 Å². The zero-order valence-electron chi connectivity index (χ0n) is 8.39. The SMILES string of the molecule is Fc1ccccc1Sc1nc(C2CC2)ns1. The lowest BCUT2D eigenvalue weighted by molar-refractivity contribution is 0.602. The molecule has 1 aromatic heterocycles. The summed E-state index contributed by atoms with van der Waals surface area (Å²) in [5.74, 6) is 1.30. The molecule has 0 radical (unpaired) electrons. The average Bonchev–Trinajstić information content (AvgIpc) is 3.03. The highest BCUT2D eigenvalue weighted by atomic mass is 32.2. The van der Waals surface area contributed by atoms with Gasteiger partial charge in [-0.2, -0.15) is 4.37 Å². The molecule has 0 aliphatic heterocycles. The van der Waals surface area contributed by atoms with E-state index in [1.165, 1.54) is 42.2 Å². The minimum Gasteiger partial charge on any atom is -0.212 e. The molecule has 2 nitrogen and oxygen atoms in total. The Balaban J connectivity index is 1.80. The van der Waals surface area contributed by atoms with E-state index in [1.54, 1.807) is 12.1 Å². The third kappa shape index (κ3) is 2.10. The maximum Gasteiger partial charge on any atom is 0.174 e. The molecule has 16 heavy (non-hydrogen) atoms. The van der Waals surface area contributed by atoms with Crippen molar-refractivity contribution in [2.75, 3.05) is 0 Å². The predicted molar refractivity (Wildman–Crippen MR) is 62.4 cm³/mol. The van der Waals surface area contributed by atoms with Gasteiger partial charge in [0.2, 0.25) is 0 Å². The molecule has 1 aromatic carbocycles. The van der Waals surface area contributed by atoms with E-state index >= 15 is 0 Å². The molecule has 2 aromatic rings. The topological polar surface area (TPSA) is 25.8 Å². The van der Waals surface area contributed by atoms with Gasteiger partial charge in [0.05, 0.1) is 4.90 Å². The Bertz CT molecular complexity index is 508. The summed E-state index contributed by atoms with van der Waals surface area (Å²) in [7, 11) is 0. The third-order valence-corrected chi connectivity index (χ3v) is 4.22. The largest absolute Gasteiger partial charge is 0.212 e. The Morgan fingerprint density at radius 3 is 2.88 bits per heavy atom. The van der Waals surface area contributed by atoms with Crippen LogP contribution in [0.4, 0.5) is 4.39 Å². The van der Waals surface area contributed by atoms with E-state index in [9.17, 15) is 4.39 Å². The van der Waals surface area contributed by atoms with Gasteiger partial charge in [-0.1, -0.05) is 23.9 Å². The molecular formula is C11H9FN2S2. The molecule has 0 amide bonds. The van der Waals surface area contributed by atoms with E-state index in [1.807, 2.05) is 6.07 Å². The number of hydrogen-bond donors (Lipinski definition) is 0. The number of aromatic nitrogens is 2. The average molecular weight is 252 g/mol. The van der Waals surface area contributed by atoms with E-state index in [0.717, 1.165) is 10.2 Å². The molecule has 82 valence electrons. The lowest BCUT2D eigenvalue weighted by Crippen LogP contribution is -1.82. The van der Waals surface area contributed by atoms with Gasteiger partial charge in [-0.25, -0.2) is 9.37 Å². The van der Waals surface area contributed by atoms with Crippen molar-refractivity contribution in [3.8, 4) is 0 Å². The summed E-state index contributed by atoms with van der Waals surface area (Å²) in [4.78, 5) is 5.02. The Hall–Kier alpha value is -0.940. The first-order valence-electron chi connectivity index (χ1n) is 5.09. The molecule has 0 atom stereocenters. The molecular weight excluding hydrogens is 243 g/mol. The van der Waals surface area contributed by atoms with Gasteiger partial charge in [0, 0.05) is 5.92 Å². The van der Waals surface area contributed by atoms with Crippen molar-refractivity contribution in [3.05, 3.63) is 35.9 Å². The maximum atomic E-state index is 13.4. The van der Waals surface area contributed by atoms with Gasteiger partial charge in [-0.3, -0.25) is 0 Å². The van der Waals surface area contributed by atoms with Crippen molar-refractivity contribution < 1.29 is 4.39 Å². The normalized spacial score (nSPS) is 15.3. The van der Waals surface area contributed by atoms with Crippen LogP contribution < -0.4 is 0 Å². The standard InChI is InChI=1S/C11H9FN2S2/c12-8-3-1-2-4-9(8)15-11-13-10(14-16-11)7-5-6-7/h1-4,7H,5-6H2. The van der Waals surface area contributed by atoms with E-state index in [-0.39, 0.29) is 5.82 Å². The summed E-state index contributed by atoms with van der Waals surface area (Å²) in [6.07, 6.45) is 2.39. The number of benzene rings is 1. The van der Waals surface area contributed by atoms with Crippen LogP contribution in [0.3, 0.4) is 0 Å². The van der Waals surface area contributed by atoms with Crippen LogP contribution in [0.2, 0.25) is 0 Å². The predicted octanol–water partition coefficient (Wildman–Crippen LogP) is 3.71. The molecule has 1 heterocycles. The van der Waals surface area contributed by atoms with Gasteiger partial charge in [0.15, 0.2) is 4.34 Å². The van der Waals surface area contributed by atoms with Gasteiger partial charge >= 0.3 is 0 Å². The monoisotopic (exact) mass is 252 g/mol. The van der Waals surface area contributed by atoms with Crippen molar-refractivity contribution in [1.29, 1.82) is 0 Å². The quantitative estimate of drug-likeness (QED) is 0.833. The van der Waals surface area contributed by atoms with E-state index in [4.69, 9.17) is 0 Å². The molecule has 1 aliphatic rings. The summed E-state index contributed by atoms with van der Waals surface area (Å²) in [6.45, 7) is 0. The van der Waals surface area contributed by atoms with Gasteiger partial charge in [-0.05, 0) is 36.5 Å². The minimum absolute atomic E-state index is 0.198. The van der Waals surface area contributed by atoms with E-state index < -0.39 is 0 Å². The van der Waals surface area contributed by atoms with Crippen molar-refractivity contribution >= 4 is 23.3 Å². The first-order valence-corrected chi connectivity index (χ1v) is 6.68. The summed E-state index contributed by atoms with van der Waals surface area (Å²) in [5, 5.41) is 0. The highest BCUT2D eigenvalue weighted by Crippen LogP contribution is 2.40. The fraction of sp³-hybridized carbons (Fsp3) is 0.273. The number of nitrogens with zero attached hydrogens (tertiary/aromatic N) is 2. The second kappa shape index (κ2) is 4.14. The Morgan fingerprint density at radius 2 is 2.12 bits per heavy atom. The van der Waals surface area contributed by atoms with Crippen LogP contribution in [-0.2, 0) is 0 Å². The van der Waals surface area contributed by atoms with Crippen LogP contribution in [-0.4, -0.2) is 9.36 Å². The van der Waals surface area contributed by atoms with Crippen LogP contribution in [0.15, 0.2) is 33.5 Å². The highest BCUT2D eigenvalue weighted by Gasteiger charge is 2.27. The first-order chi connectivity index (χ1) is 7.83. The number of hydrogen-bond acceptors (Lipinski definition) is 4. The first kappa shape index (κ1) is 10.2. The zero-order chi connectivity index (χ0) is 11.0. The van der Waals surface area contributed by atoms with Gasteiger partial charge in [0.25, 0.3) is 0 Å². The minimum atomic E-state index is -0.198. The fourth-order valence-corrected chi connectivity index (χ4v) is 3.06. The summed E-state index contributed by atoms with van der Waals surface area (Å²) >= 11 is 2.71. The third-order valence-electron chi connectivity index (χ3n) is 2.40. The molecule has 0 saturated heterocycles. The fourth-order valence-electron chi connectivity index (χ4n) is 1.39. The van der Waals surface area contributed by atoms with Crippen molar-refractivity contribution in [3.63, 3.8) is 0 Å². The molecule has 1 saturated carbocycles. The molecule has 1 fully saturated rings. The Kier molecular flexibility index (Phi) is 2.65. The van der Waals surface area contributed by atoms with Gasteiger partial charge in [-0.15, -0.1) is 0 Å². The van der Waals surface area contributed by atoms with Gasteiger partial charge < -0.3 is 0 Å². The molecule has 0 bridgehead atoms. The molecule has 1 aliphatic carbocycles. The smallest absolute Gasteiger partial charge is 0.174 e. The Labute approximate surface area is 101 Å². The molecule has 5 heteroatoms. The zero-order valence-corrected chi connectivity index (χ0v) is 10.0. The van der Waals surface area contributed by atoms with Crippen LogP contribution in [0.5, 0.6) is 0 Å². The number of halogens is 1. The second-order valence-electron chi connectivity index (χ2n) is 3.73. The molecule has 0 spiro atoms. The van der Waals surface area contributed by atoms with E-state index in [2.05, 4.69) is 9.36 Å². The maximum absolute atomic E-state index is 13.4.